The molecule has 0 unspecified atom stereocenters. The largest absolute Gasteiger partial charge is 0.477 e. The van der Waals surface area contributed by atoms with Gasteiger partial charge in [0.1, 0.15) is 5.70 Å². The molecule has 0 aromatic rings. The van der Waals surface area contributed by atoms with Crippen LogP contribution in [0.4, 0.5) is 0 Å². The molecule has 7 nitrogen and oxygen atoms in total. The molecule has 4 aliphatic rings. The minimum absolute atomic E-state index is 0.0421. The number of nitrogens with zero attached hydrogens (tertiary/aromatic N) is 2. The van der Waals surface area contributed by atoms with Crippen molar-refractivity contribution in [3.8, 4) is 0 Å². The average Bonchev–Trinajstić information content (AvgIpc) is 2.69. The summed E-state index contributed by atoms with van der Waals surface area (Å²) in [5.41, 5.74) is 5.98. The van der Waals surface area contributed by atoms with Gasteiger partial charge < -0.3 is 20.8 Å². The van der Waals surface area contributed by atoms with Gasteiger partial charge in [0.2, 0.25) is 5.91 Å². The van der Waals surface area contributed by atoms with Crippen molar-refractivity contribution >= 4 is 23.6 Å². The number of likely N-dealkylation sites (tertiary alicyclic amines) is 1. The van der Waals surface area contributed by atoms with Gasteiger partial charge in [-0.1, -0.05) is 6.92 Å². The molecule has 4 N–H and O–H groups in total. The SMILES string of the molecule is C[C@@H](O)[C@H]1C(=O)N2C(C(=O)O)=C(SC3CN([C@H]4C[C@H](N)C4)C3)[C@H](C)[C@H]12. The Hall–Kier alpha value is -1.09. The number of carbonyl (C=O) groups excluding carboxylic acids is 1. The van der Waals surface area contributed by atoms with Crippen LogP contribution < -0.4 is 5.73 Å². The monoisotopic (exact) mass is 367 g/mol. The normalized spacial score (nSPS) is 39.6. The van der Waals surface area contributed by atoms with Crippen molar-refractivity contribution < 1.29 is 19.8 Å². The van der Waals surface area contributed by atoms with Gasteiger partial charge in [-0.3, -0.25) is 9.69 Å². The Morgan fingerprint density at radius 3 is 2.52 bits per heavy atom. The third-order valence-electron chi connectivity index (χ3n) is 6.15. The molecule has 25 heavy (non-hydrogen) atoms. The van der Waals surface area contributed by atoms with E-state index in [0.29, 0.717) is 17.3 Å². The number of fused-ring (bicyclic) bond motifs is 1. The quantitative estimate of drug-likeness (QED) is 0.589. The zero-order valence-corrected chi connectivity index (χ0v) is 15.3. The number of aliphatic hydroxyl groups excluding tert-OH is 1. The lowest BCUT2D eigenvalue weighted by Gasteiger charge is -2.49. The molecule has 3 aliphatic heterocycles. The second-order valence-corrected chi connectivity index (χ2v) is 9.19. The predicted molar refractivity (Wildman–Crippen MR) is 93.6 cm³/mol. The highest BCUT2D eigenvalue weighted by atomic mass is 32.2. The van der Waals surface area contributed by atoms with Gasteiger partial charge in [-0.25, -0.2) is 4.79 Å². The Kier molecular flexibility index (Phi) is 4.14. The van der Waals surface area contributed by atoms with Crippen LogP contribution in [0.2, 0.25) is 0 Å². The van der Waals surface area contributed by atoms with Crippen LogP contribution in [-0.4, -0.2) is 74.5 Å². The fourth-order valence-electron chi connectivity index (χ4n) is 4.63. The Balaban J connectivity index is 1.45. The van der Waals surface area contributed by atoms with Crippen LogP contribution in [0.5, 0.6) is 0 Å². The number of carbonyl (C=O) groups is 2. The fourth-order valence-corrected chi connectivity index (χ4v) is 6.17. The molecule has 2 saturated heterocycles. The van der Waals surface area contributed by atoms with Gasteiger partial charge in [-0.2, -0.15) is 0 Å². The summed E-state index contributed by atoms with van der Waals surface area (Å²) in [7, 11) is 0. The fraction of sp³-hybridized carbons (Fsp3) is 0.765. The van der Waals surface area contributed by atoms with Gasteiger partial charge in [0.15, 0.2) is 0 Å². The Morgan fingerprint density at radius 2 is 2.00 bits per heavy atom. The summed E-state index contributed by atoms with van der Waals surface area (Å²) in [4.78, 5) is 28.7. The summed E-state index contributed by atoms with van der Waals surface area (Å²) >= 11 is 1.61. The number of thioether (sulfide) groups is 1. The summed E-state index contributed by atoms with van der Waals surface area (Å²) in [6, 6.07) is 0.698. The predicted octanol–water partition coefficient (Wildman–Crippen LogP) is 0.0472. The number of aliphatic hydroxyl groups is 1. The molecule has 1 amide bonds. The second kappa shape index (κ2) is 5.97. The summed E-state index contributed by atoms with van der Waals surface area (Å²) < 4.78 is 0. The summed E-state index contributed by atoms with van der Waals surface area (Å²) in [5, 5.41) is 19.9. The Morgan fingerprint density at radius 1 is 1.36 bits per heavy atom. The molecule has 0 aromatic carbocycles. The molecule has 8 heteroatoms. The van der Waals surface area contributed by atoms with Gasteiger partial charge in [-0.15, -0.1) is 11.8 Å². The summed E-state index contributed by atoms with van der Waals surface area (Å²) in [6.07, 6.45) is 1.35. The first kappa shape index (κ1) is 17.3. The van der Waals surface area contributed by atoms with E-state index in [2.05, 4.69) is 4.90 Å². The van der Waals surface area contributed by atoms with Gasteiger partial charge in [0.25, 0.3) is 0 Å². The van der Waals surface area contributed by atoms with Crippen LogP contribution in [0.15, 0.2) is 10.6 Å². The maximum Gasteiger partial charge on any atom is 0.353 e. The summed E-state index contributed by atoms with van der Waals surface area (Å²) in [6.45, 7) is 5.47. The van der Waals surface area contributed by atoms with E-state index in [4.69, 9.17) is 5.73 Å². The van der Waals surface area contributed by atoms with E-state index in [1.54, 1.807) is 18.7 Å². The zero-order valence-electron chi connectivity index (χ0n) is 14.5. The van der Waals surface area contributed by atoms with Gasteiger partial charge in [-0.05, 0) is 19.8 Å². The topological polar surface area (TPSA) is 107 Å². The number of rotatable bonds is 5. The van der Waals surface area contributed by atoms with Crippen molar-refractivity contribution in [2.24, 2.45) is 17.6 Å². The van der Waals surface area contributed by atoms with E-state index in [1.807, 2.05) is 6.92 Å². The lowest BCUT2D eigenvalue weighted by Crippen LogP contribution is -2.63. The van der Waals surface area contributed by atoms with Crippen molar-refractivity contribution in [2.75, 3.05) is 13.1 Å². The molecule has 4 rings (SSSR count). The molecule has 4 atom stereocenters. The smallest absolute Gasteiger partial charge is 0.353 e. The van der Waals surface area contributed by atoms with Crippen LogP contribution >= 0.6 is 11.8 Å². The summed E-state index contributed by atoms with van der Waals surface area (Å²) in [5.74, 6) is -1.84. The van der Waals surface area contributed by atoms with E-state index in [9.17, 15) is 19.8 Å². The van der Waals surface area contributed by atoms with Crippen molar-refractivity contribution in [3.05, 3.63) is 10.6 Å². The van der Waals surface area contributed by atoms with Crippen LogP contribution in [0, 0.1) is 11.8 Å². The third kappa shape index (κ3) is 2.53. The highest BCUT2D eigenvalue weighted by Crippen LogP contribution is 2.52. The first-order valence-electron chi connectivity index (χ1n) is 8.94. The number of aliphatic carboxylic acids is 1. The molecule has 1 saturated carbocycles. The molecule has 0 spiro atoms. The van der Waals surface area contributed by atoms with E-state index < -0.39 is 18.0 Å². The molecule has 0 bridgehead atoms. The number of carboxylic acid groups (broad SMARTS) is 1. The number of nitrogens with two attached hydrogens (primary N) is 1. The highest BCUT2D eigenvalue weighted by molar-refractivity contribution is 8.03. The molecule has 0 aromatic heterocycles. The van der Waals surface area contributed by atoms with E-state index >= 15 is 0 Å². The van der Waals surface area contributed by atoms with Crippen molar-refractivity contribution in [3.63, 3.8) is 0 Å². The minimum Gasteiger partial charge on any atom is -0.477 e. The Labute approximate surface area is 151 Å². The minimum atomic E-state index is -1.05. The molecule has 3 heterocycles. The maximum atomic E-state index is 12.3. The van der Waals surface area contributed by atoms with E-state index in [1.165, 1.54) is 4.90 Å². The van der Waals surface area contributed by atoms with Crippen LogP contribution in [0.25, 0.3) is 0 Å². The van der Waals surface area contributed by atoms with Crippen LogP contribution in [-0.2, 0) is 9.59 Å². The van der Waals surface area contributed by atoms with Gasteiger partial charge in [0.05, 0.1) is 18.1 Å². The van der Waals surface area contributed by atoms with Crippen LogP contribution in [0.1, 0.15) is 26.7 Å². The zero-order chi connectivity index (χ0) is 18.0. The van der Waals surface area contributed by atoms with Crippen molar-refractivity contribution in [2.45, 2.75) is 56.2 Å². The van der Waals surface area contributed by atoms with Crippen molar-refractivity contribution in [1.29, 1.82) is 0 Å². The average molecular weight is 367 g/mol. The number of carboxylic acids is 1. The molecular weight excluding hydrogens is 342 g/mol. The number of hydrogen-bond acceptors (Lipinski definition) is 6. The highest BCUT2D eigenvalue weighted by Gasteiger charge is 2.60. The first-order valence-corrected chi connectivity index (χ1v) is 9.82. The first-order chi connectivity index (χ1) is 11.8. The molecule has 0 radical (unpaired) electrons. The maximum absolute atomic E-state index is 12.3. The second-order valence-electron chi connectivity index (χ2n) is 7.85. The Bertz CT molecular complexity index is 640. The van der Waals surface area contributed by atoms with Gasteiger partial charge >= 0.3 is 5.97 Å². The number of amides is 1. The van der Waals surface area contributed by atoms with E-state index in [0.717, 1.165) is 30.8 Å². The van der Waals surface area contributed by atoms with E-state index in [-0.39, 0.29) is 23.6 Å². The molecular formula is C17H25N3O4S. The number of hydrogen-bond donors (Lipinski definition) is 3. The van der Waals surface area contributed by atoms with Gasteiger partial charge in [0, 0.05) is 41.2 Å². The molecule has 3 fully saturated rings. The van der Waals surface area contributed by atoms with Crippen LogP contribution in [0.3, 0.4) is 0 Å². The lowest BCUT2D eigenvalue weighted by atomic mass is 9.79. The lowest BCUT2D eigenvalue weighted by molar-refractivity contribution is -0.163. The standard InChI is InChI=1S/C17H25N3O4S/c1-7-13-12(8(2)21)16(22)20(13)14(17(23)24)15(7)25-11-5-19(6-11)10-3-9(18)4-10/h7-13,21H,3-6,18H2,1-2H3,(H,23,24)/t7-,8-,9-,10-,12-,13-/m1/s1. The third-order valence-corrected chi connectivity index (χ3v) is 7.60. The van der Waals surface area contributed by atoms with Crippen molar-refractivity contribution in [1.82, 2.24) is 9.80 Å². The molecule has 138 valence electrons. The number of β-lactam (4-membered cyclic amide) rings is 1. The molecule has 1 aliphatic carbocycles.